The van der Waals surface area contributed by atoms with E-state index < -0.39 is 13.0 Å². The van der Waals surface area contributed by atoms with Crippen LogP contribution in [-0.4, -0.2) is 42.6 Å². The van der Waals surface area contributed by atoms with Crippen LogP contribution in [0.1, 0.15) is 5.82 Å². The Bertz CT molecular complexity index is 1120. The molecule has 0 spiro atoms. The van der Waals surface area contributed by atoms with Crippen LogP contribution >= 0.6 is 11.6 Å². The summed E-state index contributed by atoms with van der Waals surface area (Å²) < 4.78 is 28.8. The molecule has 0 unspecified atom stereocenters. The van der Waals surface area contributed by atoms with Gasteiger partial charge >= 0.3 is 0 Å². The molecule has 1 N–H and O–H groups in total. The first kappa shape index (κ1) is 16.6. The lowest BCUT2D eigenvalue weighted by molar-refractivity contribution is 0.127. The van der Waals surface area contributed by atoms with Gasteiger partial charge in [-0.2, -0.15) is 4.98 Å². The zero-order valence-corrected chi connectivity index (χ0v) is 14.7. The molecule has 4 aromatic heterocycles. The third-order valence-corrected chi connectivity index (χ3v) is 4.26. The van der Waals surface area contributed by atoms with Gasteiger partial charge in [0.05, 0.1) is 12.2 Å². The summed E-state index contributed by atoms with van der Waals surface area (Å²) in [4.78, 5) is 13.1. The molecule has 0 atom stereocenters. The smallest absolute Gasteiger partial charge is 0.256 e. The number of nitrogens with zero attached hydrogens (tertiary/aromatic N) is 6. The van der Waals surface area contributed by atoms with E-state index in [4.69, 9.17) is 11.6 Å². The summed E-state index contributed by atoms with van der Waals surface area (Å²) in [6, 6.07) is 5.40. The Balaban J connectivity index is 1.93. The van der Waals surface area contributed by atoms with Crippen LogP contribution in [0.15, 0.2) is 24.4 Å². The van der Waals surface area contributed by atoms with Crippen LogP contribution in [-0.2, 0) is 6.54 Å². The summed E-state index contributed by atoms with van der Waals surface area (Å²) in [7, 11) is 1.73. The van der Waals surface area contributed by atoms with Crippen LogP contribution in [0, 0.1) is 6.92 Å². The Kier molecular flexibility index (Phi) is 3.95. The molecular formula is C16H14ClF2N7. The molecule has 0 aromatic carbocycles. The van der Waals surface area contributed by atoms with Crippen molar-refractivity contribution in [1.82, 2.24) is 29.1 Å². The Hall–Kier alpha value is -2.81. The predicted octanol–water partition coefficient (Wildman–Crippen LogP) is 3.41. The fourth-order valence-corrected chi connectivity index (χ4v) is 3.17. The normalized spacial score (nSPS) is 11.8. The number of halogens is 3. The van der Waals surface area contributed by atoms with E-state index in [1.165, 1.54) is 4.57 Å². The van der Waals surface area contributed by atoms with E-state index in [0.717, 1.165) is 5.56 Å². The molecule has 0 bridgehead atoms. The Morgan fingerprint density at radius 2 is 2.00 bits per heavy atom. The molecule has 10 heteroatoms. The lowest BCUT2D eigenvalue weighted by Gasteiger charge is -2.07. The fourth-order valence-electron chi connectivity index (χ4n) is 3.00. The highest BCUT2D eigenvalue weighted by Crippen LogP contribution is 2.30. The van der Waals surface area contributed by atoms with Crippen molar-refractivity contribution in [2.75, 3.05) is 12.4 Å². The average Bonchev–Trinajstić information content (AvgIpc) is 3.15. The highest BCUT2D eigenvalue weighted by Gasteiger charge is 2.17. The molecular weight excluding hydrogens is 364 g/mol. The van der Waals surface area contributed by atoms with Crippen LogP contribution in [0.2, 0.25) is 5.28 Å². The van der Waals surface area contributed by atoms with Crippen LogP contribution in [0.25, 0.3) is 27.9 Å². The van der Waals surface area contributed by atoms with Crippen molar-refractivity contribution in [3.63, 3.8) is 0 Å². The van der Waals surface area contributed by atoms with Gasteiger partial charge in [0.25, 0.3) is 6.43 Å². The number of nitrogens with one attached hydrogen (secondary N) is 1. The van der Waals surface area contributed by atoms with Crippen LogP contribution in [0.4, 0.5) is 14.6 Å². The number of hydrogen-bond acceptors (Lipinski definition) is 5. The minimum atomic E-state index is -2.49. The lowest BCUT2D eigenvalue weighted by atomic mass is 10.2. The zero-order chi connectivity index (χ0) is 18.4. The fraction of sp³-hybridized carbons (Fsp3) is 0.250. The number of aromatic nitrogens is 6. The molecule has 26 heavy (non-hydrogen) atoms. The second kappa shape index (κ2) is 6.17. The van der Waals surface area contributed by atoms with E-state index >= 15 is 0 Å². The number of imidazole rings is 1. The molecule has 0 aliphatic rings. The summed E-state index contributed by atoms with van der Waals surface area (Å²) in [6.07, 6.45) is -0.745. The van der Waals surface area contributed by atoms with Crippen molar-refractivity contribution in [3.05, 3.63) is 35.5 Å². The van der Waals surface area contributed by atoms with Gasteiger partial charge < -0.3 is 9.88 Å². The van der Waals surface area contributed by atoms with Gasteiger partial charge in [0.2, 0.25) is 5.28 Å². The molecule has 7 nitrogen and oxygen atoms in total. The van der Waals surface area contributed by atoms with E-state index in [0.29, 0.717) is 34.0 Å². The van der Waals surface area contributed by atoms with E-state index in [-0.39, 0.29) is 5.28 Å². The van der Waals surface area contributed by atoms with Crippen molar-refractivity contribution >= 4 is 34.1 Å². The van der Waals surface area contributed by atoms with Crippen molar-refractivity contribution < 1.29 is 8.78 Å². The third kappa shape index (κ3) is 2.64. The molecule has 0 fully saturated rings. The number of alkyl halides is 2. The molecule has 4 rings (SSSR count). The SMILES string of the molecule is CNc1nc(Cl)nn2ccc(-c3ccc4nc(C)n(CC(F)F)c4n3)c12. The summed E-state index contributed by atoms with van der Waals surface area (Å²) in [5.74, 6) is 1.04. The lowest BCUT2D eigenvalue weighted by Crippen LogP contribution is -2.09. The first-order chi connectivity index (χ1) is 12.5. The van der Waals surface area contributed by atoms with Gasteiger partial charge in [-0.05, 0) is 36.7 Å². The maximum Gasteiger partial charge on any atom is 0.256 e. The second-order valence-corrected chi connectivity index (χ2v) is 6.04. The molecule has 4 heterocycles. The molecule has 0 aliphatic carbocycles. The summed E-state index contributed by atoms with van der Waals surface area (Å²) in [6.45, 7) is 1.24. The van der Waals surface area contributed by atoms with Gasteiger partial charge in [0.1, 0.15) is 16.9 Å². The summed E-state index contributed by atoms with van der Waals surface area (Å²) in [5.41, 5.74) is 3.05. The van der Waals surface area contributed by atoms with Gasteiger partial charge in [0.15, 0.2) is 11.5 Å². The van der Waals surface area contributed by atoms with Gasteiger partial charge in [-0.25, -0.2) is 23.3 Å². The van der Waals surface area contributed by atoms with Gasteiger partial charge in [0, 0.05) is 18.8 Å². The molecule has 4 aromatic rings. The molecule has 0 saturated heterocycles. The van der Waals surface area contributed by atoms with E-state index in [9.17, 15) is 8.78 Å². The Labute approximate surface area is 151 Å². The zero-order valence-electron chi connectivity index (χ0n) is 13.9. The summed E-state index contributed by atoms with van der Waals surface area (Å²) >= 11 is 5.93. The topological polar surface area (TPSA) is 72.9 Å². The monoisotopic (exact) mass is 377 g/mol. The minimum Gasteiger partial charge on any atom is -0.371 e. The Morgan fingerprint density at radius 3 is 2.73 bits per heavy atom. The summed E-state index contributed by atoms with van der Waals surface area (Å²) in [5, 5.41) is 7.23. The van der Waals surface area contributed by atoms with E-state index in [1.54, 1.807) is 36.8 Å². The Morgan fingerprint density at radius 1 is 1.19 bits per heavy atom. The van der Waals surface area contributed by atoms with E-state index in [1.807, 2.05) is 6.07 Å². The number of fused-ring (bicyclic) bond motifs is 2. The molecule has 0 amide bonds. The van der Waals surface area contributed by atoms with Crippen LogP contribution in [0.3, 0.4) is 0 Å². The molecule has 0 saturated carbocycles. The number of anilines is 1. The van der Waals surface area contributed by atoms with E-state index in [2.05, 4.69) is 25.4 Å². The maximum absolute atomic E-state index is 12.9. The highest BCUT2D eigenvalue weighted by atomic mass is 35.5. The highest BCUT2D eigenvalue weighted by molar-refractivity contribution is 6.28. The number of hydrogen-bond donors (Lipinski definition) is 1. The predicted molar refractivity (Wildman–Crippen MR) is 94.8 cm³/mol. The number of aryl methyl sites for hydroxylation is 1. The molecule has 134 valence electrons. The first-order valence-electron chi connectivity index (χ1n) is 7.83. The van der Waals surface area contributed by atoms with Gasteiger partial charge in [-0.3, -0.25) is 0 Å². The number of rotatable bonds is 4. The van der Waals surface area contributed by atoms with Crippen molar-refractivity contribution in [2.45, 2.75) is 19.9 Å². The maximum atomic E-state index is 12.9. The second-order valence-electron chi connectivity index (χ2n) is 5.70. The van der Waals surface area contributed by atoms with Crippen LogP contribution < -0.4 is 5.32 Å². The molecule has 0 aliphatic heterocycles. The van der Waals surface area contributed by atoms with Gasteiger partial charge in [-0.1, -0.05) is 0 Å². The third-order valence-electron chi connectivity index (χ3n) is 4.10. The van der Waals surface area contributed by atoms with Gasteiger partial charge in [-0.15, -0.1) is 5.10 Å². The largest absolute Gasteiger partial charge is 0.371 e. The van der Waals surface area contributed by atoms with Crippen molar-refractivity contribution in [2.24, 2.45) is 0 Å². The van der Waals surface area contributed by atoms with Crippen molar-refractivity contribution in [1.29, 1.82) is 0 Å². The quantitative estimate of drug-likeness (QED) is 0.590. The number of pyridine rings is 1. The molecule has 0 radical (unpaired) electrons. The minimum absolute atomic E-state index is 0.109. The van der Waals surface area contributed by atoms with Crippen LogP contribution in [0.5, 0.6) is 0 Å². The average molecular weight is 378 g/mol. The van der Waals surface area contributed by atoms with Crippen molar-refractivity contribution in [3.8, 4) is 11.3 Å². The standard InChI is InChI=1S/C16H14ClF2N7/c1-8-21-11-4-3-10(22-15(11)25(8)7-12(18)19)9-5-6-26-13(9)14(20-2)23-16(17)24-26/h3-6,12H,7H2,1-2H3,(H,20,23,24). The first-order valence-corrected chi connectivity index (χ1v) is 8.20.